The summed E-state index contributed by atoms with van der Waals surface area (Å²) in [6.45, 7) is 3.56. The van der Waals surface area contributed by atoms with E-state index in [1.165, 1.54) is 11.1 Å². The Balaban J connectivity index is 1.89. The molecule has 0 N–H and O–H groups in total. The number of benzene rings is 1. The van der Waals surface area contributed by atoms with Crippen LogP contribution in [0, 0.1) is 5.92 Å². The second kappa shape index (κ2) is 5.55. The van der Waals surface area contributed by atoms with Gasteiger partial charge in [-0.05, 0) is 40.1 Å². The van der Waals surface area contributed by atoms with Crippen molar-refractivity contribution in [1.82, 2.24) is 0 Å². The van der Waals surface area contributed by atoms with Crippen LogP contribution in [0.4, 0.5) is 0 Å². The number of hydrogen-bond acceptors (Lipinski definition) is 3. The van der Waals surface area contributed by atoms with Crippen molar-refractivity contribution in [2.24, 2.45) is 5.92 Å². The number of thiophene rings is 1. The van der Waals surface area contributed by atoms with Crippen LogP contribution in [-0.2, 0) is 0 Å². The maximum Gasteiger partial charge on any atom is 0.161 e. The van der Waals surface area contributed by atoms with Crippen molar-refractivity contribution in [3.8, 4) is 11.5 Å². The molecule has 1 aromatic heterocycles. The summed E-state index contributed by atoms with van der Waals surface area (Å²) < 4.78 is 11.6. The van der Waals surface area contributed by atoms with Crippen LogP contribution >= 0.6 is 27.3 Å². The molecule has 0 fully saturated rings. The Morgan fingerprint density at radius 1 is 1.16 bits per heavy atom. The highest BCUT2D eigenvalue weighted by Crippen LogP contribution is 2.38. The Morgan fingerprint density at radius 3 is 2.68 bits per heavy atom. The van der Waals surface area contributed by atoms with Crippen molar-refractivity contribution in [2.75, 3.05) is 13.2 Å². The second-order valence-electron chi connectivity index (χ2n) is 4.85. The zero-order chi connectivity index (χ0) is 13.2. The number of hydrogen-bond donors (Lipinski definition) is 0. The van der Waals surface area contributed by atoms with Crippen LogP contribution in [0.1, 0.15) is 22.9 Å². The predicted molar refractivity (Wildman–Crippen MR) is 81.7 cm³/mol. The van der Waals surface area contributed by atoms with Crippen molar-refractivity contribution in [3.63, 3.8) is 0 Å². The van der Waals surface area contributed by atoms with Crippen LogP contribution < -0.4 is 9.47 Å². The van der Waals surface area contributed by atoms with E-state index in [1.54, 1.807) is 11.3 Å². The number of alkyl halides is 1. The monoisotopic (exact) mass is 338 g/mol. The Bertz CT molecular complexity index is 553. The van der Waals surface area contributed by atoms with Crippen LogP contribution in [0.25, 0.3) is 0 Å². The van der Waals surface area contributed by atoms with Gasteiger partial charge in [-0.25, -0.2) is 0 Å². The maximum absolute atomic E-state index is 5.83. The topological polar surface area (TPSA) is 18.5 Å². The summed E-state index contributed by atoms with van der Waals surface area (Å²) >= 11 is 5.45. The van der Waals surface area contributed by atoms with E-state index in [-0.39, 0.29) is 4.83 Å². The van der Waals surface area contributed by atoms with E-state index in [9.17, 15) is 0 Å². The first-order chi connectivity index (χ1) is 9.24. The molecule has 2 atom stereocenters. The zero-order valence-corrected chi connectivity index (χ0v) is 13.0. The van der Waals surface area contributed by atoms with Crippen molar-refractivity contribution in [3.05, 3.63) is 46.2 Å². The van der Waals surface area contributed by atoms with Gasteiger partial charge >= 0.3 is 0 Å². The SMILES string of the molecule is CC1COc2ccc(C(Br)c3ccsc3)cc2OC1. The highest BCUT2D eigenvalue weighted by atomic mass is 79.9. The van der Waals surface area contributed by atoms with Crippen molar-refractivity contribution >= 4 is 27.3 Å². The minimum absolute atomic E-state index is 0.202. The lowest BCUT2D eigenvalue weighted by atomic mass is 10.1. The molecule has 1 aliphatic heterocycles. The van der Waals surface area contributed by atoms with Crippen LogP contribution in [-0.4, -0.2) is 13.2 Å². The molecule has 1 aliphatic rings. The second-order valence-corrected chi connectivity index (χ2v) is 6.55. The van der Waals surface area contributed by atoms with Gasteiger partial charge in [0.2, 0.25) is 0 Å². The van der Waals surface area contributed by atoms with E-state index in [0.717, 1.165) is 11.5 Å². The van der Waals surface area contributed by atoms with Crippen LogP contribution in [0.3, 0.4) is 0 Å². The third-order valence-electron chi connectivity index (χ3n) is 3.14. The van der Waals surface area contributed by atoms with Gasteiger partial charge in [0, 0.05) is 5.92 Å². The summed E-state index contributed by atoms with van der Waals surface area (Å²) in [6.07, 6.45) is 0. The first kappa shape index (κ1) is 13.0. The number of ether oxygens (including phenoxy) is 2. The summed E-state index contributed by atoms with van der Waals surface area (Å²) in [6, 6.07) is 8.30. The molecule has 2 nitrogen and oxygen atoms in total. The first-order valence-electron chi connectivity index (χ1n) is 6.30. The average Bonchev–Trinajstić information content (AvgIpc) is 2.90. The van der Waals surface area contributed by atoms with E-state index in [2.05, 4.69) is 51.8 Å². The quantitative estimate of drug-likeness (QED) is 0.742. The fourth-order valence-electron chi connectivity index (χ4n) is 2.04. The molecule has 0 bridgehead atoms. The summed E-state index contributed by atoms with van der Waals surface area (Å²) in [4.78, 5) is 0.202. The third-order valence-corrected chi connectivity index (χ3v) is 4.90. The molecule has 2 heterocycles. The maximum atomic E-state index is 5.83. The zero-order valence-electron chi connectivity index (χ0n) is 10.6. The van der Waals surface area contributed by atoms with E-state index < -0.39 is 0 Å². The molecule has 1 aromatic carbocycles. The normalized spacial score (nSPS) is 19.8. The van der Waals surface area contributed by atoms with Gasteiger partial charge < -0.3 is 9.47 Å². The van der Waals surface area contributed by atoms with E-state index >= 15 is 0 Å². The number of fused-ring (bicyclic) bond motifs is 1. The predicted octanol–water partition coefficient (Wildman–Crippen LogP) is 4.64. The first-order valence-corrected chi connectivity index (χ1v) is 8.15. The fourth-order valence-corrected chi connectivity index (χ4v) is 3.47. The molecule has 0 aliphatic carbocycles. The Morgan fingerprint density at radius 2 is 1.95 bits per heavy atom. The van der Waals surface area contributed by atoms with Gasteiger partial charge in [-0.2, -0.15) is 11.3 Å². The van der Waals surface area contributed by atoms with Gasteiger partial charge in [0.15, 0.2) is 11.5 Å². The molecule has 19 heavy (non-hydrogen) atoms. The van der Waals surface area contributed by atoms with Gasteiger partial charge in [-0.3, -0.25) is 0 Å². The smallest absolute Gasteiger partial charge is 0.161 e. The standard InChI is InChI=1S/C15H15BrO2S/c1-10-7-17-13-3-2-11(6-14(13)18-8-10)15(16)12-4-5-19-9-12/h2-6,9-10,15H,7-8H2,1H3. The third kappa shape index (κ3) is 2.79. The molecular weight excluding hydrogens is 324 g/mol. The molecule has 2 aromatic rings. The van der Waals surface area contributed by atoms with Gasteiger partial charge in [-0.15, -0.1) is 0 Å². The van der Waals surface area contributed by atoms with Gasteiger partial charge in [-0.1, -0.05) is 28.9 Å². The molecule has 2 unspecified atom stereocenters. The summed E-state index contributed by atoms with van der Waals surface area (Å²) in [7, 11) is 0. The average molecular weight is 339 g/mol. The van der Waals surface area contributed by atoms with Gasteiger partial charge in [0.1, 0.15) is 0 Å². The lowest BCUT2D eigenvalue weighted by molar-refractivity contribution is 0.228. The highest BCUT2D eigenvalue weighted by Gasteiger charge is 2.18. The molecule has 100 valence electrons. The molecule has 4 heteroatoms. The molecule has 0 spiro atoms. The molecular formula is C15H15BrO2S. The van der Waals surface area contributed by atoms with Crippen molar-refractivity contribution in [2.45, 2.75) is 11.8 Å². The molecule has 0 saturated carbocycles. The Hall–Kier alpha value is -1.00. The van der Waals surface area contributed by atoms with Crippen LogP contribution in [0.5, 0.6) is 11.5 Å². The van der Waals surface area contributed by atoms with Crippen LogP contribution in [0.2, 0.25) is 0 Å². The van der Waals surface area contributed by atoms with Crippen molar-refractivity contribution in [1.29, 1.82) is 0 Å². The van der Waals surface area contributed by atoms with E-state index in [1.807, 2.05) is 6.07 Å². The molecule has 0 radical (unpaired) electrons. The minimum Gasteiger partial charge on any atom is -0.489 e. The lowest BCUT2D eigenvalue weighted by Crippen LogP contribution is -2.12. The highest BCUT2D eigenvalue weighted by molar-refractivity contribution is 9.09. The molecule has 0 amide bonds. The Labute approximate surface area is 125 Å². The summed E-state index contributed by atoms with van der Waals surface area (Å²) in [5.41, 5.74) is 2.46. The largest absolute Gasteiger partial charge is 0.489 e. The van der Waals surface area contributed by atoms with Gasteiger partial charge in [0.05, 0.1) is 18.0 Å². The van der Waals surface area contributed by atoms with E-state index in [4.69, 9.17) is 9.47 Å². The van der Waals surface area contributed by atoms with Gasteiger partial charge in [0.25, 0.3) is 0 Å². The molecule has 3 rings (SSSR count). The minimum atomic E-state index is 0.202. The Kier molecular flexibility index (Phi) is 3.80. The van der Waals surface area contributed by atoms with Crippen LogP contribution in [0.15, 0.2) is 35.0 Å². The summed E-state index contributed by atoms with van der Waals surface area (Å²) in [5.74, 6) is 2.12. The summed E-state index contributed by atoms with van der Waals surface area (Å²) in [5, 5.41) is 4.25. The number of halogens is 1. The lowest BCUT2D eigenvalue weighted by Gasteiger charge is -2.12. The van der Waals surface area contributed by atoms with E-state index in [0.29, 0.717) is 19.1 Å². The fraction of sp³-hybridized carbons (Fsp3) is 0.333. The molecule has 0 saturated heterocycles. The number of rotatable bonds is 2. The van der Waals surface area contributed by atoms with Crippen molar-refractivity contribution < 1.29 is 9.47 Å².